The van der Waals surface area contributed by atoms with Crippen molar-refractivity contribution in [2.75, 3.05) is 26.2 Å². The number of thiazole rings is 1. The van der Waals surface area contributed by atoms with Crippen LogP contribution >= 0.6 is 23.7 Å². The maximum absolute atomic E-state index is 4.51. The van der Waals surface area contributed by atoms with Gasteiger partial charge in [-0.05, 0) is 44.1 Å². The first kappa shape index (κ1) is 14.7. The molecule has 3 nitrogen and oxygen atoms in total. The Bertz CT molecular complexity index is 532. The molecule has 0 spiro atoms. The van der Waals surface area contributed by atoms with E-state index in [0.29, 0.717) is 0 Å². The predicted octanol–water partition coefficient (Wildman–Crippen LogP) is 2.82. The Labute approximate surface area is 124 Å². The first-order valence-corrected chi connectivity index (χ1v) is 7.42. The van der Waals surface area contributed by atoms with Crippen molar-refractivity contribution in [1.29, 1.82) is 0 Å². The van der Waals surface area contributed by atoms with Crippen molar-refractivity contribution in [3.63, 3.8) is 0 Å². The summed E-state index contributed by atoms with van der Waals surface area (Å²) in [4.78, 5) is 7.05. The van der Waals surface area contributed by atoms with Crippen LogP contribution in [0.25, 0.3) is 10.2 Å². The molecule has 0 radical (unpaired) electrons. The number of hydrogen-bond donors (Lipinski definition) is 1. The minimum atomic E-state index is 0. The standard InChI is InChI=1S/C14H19N3S.ClH/c1-11-16-13-4-3-12(9-14(13)18-11)10-17-7-2-5-15-6-8-17;/h3-4,9,15H,2,5-8,10H2,1H3;1H. The highest BCUT2D eigenvalue weighted by atomic mass is 35.5. The van der Waals surface area contributed by atoms with Crippen LogP contribution in [0.3, 0.4) is 0 Å². The average Bonchev–Trinajstić information content (AvgIpc) is 2.56. The molecule has 1 N–H and O–H groups in total. The first-order valence-electron chi connectivity index (χ1n) is 6.60. The lowest BCUT2D eigenvalue weighted by molar-refractivity contribution is 0.284. The molecule has 1 fully saturated rings. The maximum Gasteiger partial charge on any atom is 0.0907 e. The van der Waals surface area contributed by atoms with Gasteiger partial charge < -0.3 is 5.32 Å². The molecule has 19 heavy (non-hydrogen) atoms. The van der Waals surface area contributed by atoms with E-state index in [1.807, 2.05) is 0 Å². The summed E-state index contributed by atoms with van der Waals surface area (Å²) in [5.74, 6) is 0. The van der Waals surface area contributed by atoms with E-state index < -0.39 is 0 Å². The van der Waals surface area contributed by atoms with Gasteiger partial charge >= 0.3 is 0 Å². The summed E-state index contributed by atoms with van der Waals surface area (Å²) in [7, 11) is 0. The second-order valence-electron chi connectivity index (χ2n) is 4.91. The summed E-state index contributed by atoms with van der Waals surface area (Å²) in [6.45, 7) is 7.76. The van der Waals surface area contributed by atoms with Gasteiger partial charge in [0.05, 0.1) is 15.2 Å². The smallest absolute Gasteiger partial charge is 0.0907 e. The molecule has 1 aliphatic rings. The van der Waals surface area contributed by atoms with Gasteiger partial charge in [-0.3, -0.25) is 4.90 Å². The van der Waals surface area contributed by atoms with Gasteiger partial charge in [0.2, 0.25) is 0 Å². The third-order valence-corrected chi connectivity index (χ3v) is 4.33. The fourth-order valence-corrected chi connectivity index (χ4v) is 3.39. The molecule has 3 rings (SSSR count). The third kappa shape index (κ3) is 3.66. The quantitative estimate of drug-likeness (QED) is 0.924. The van der Waals surface area contributed by atoms with Crippen LogP contribution in [-0.2, 0) is 6.54 Å². The van der Waals surface area contributed by atoms with E-state index in [2.05, 4.69) is 40.3 Å². The number of aryl methyl sites for hydroxylation is 1. The van der Waals surface area contributed by atoms with Gasteiger partial charge in [0.15, 0.2) is 0 Å². The average molecular weight is 298 g/mol. The Balaban J connectivity index is 0.00000133. The molecule has 2 heterocycles. The summed E-state index contributed by atoms with van der Waals surface area (Å²) < 4.78 is 1.32. The Morgan fingerprint density at radius 2 is 2.21 bits per heavy atom. The number of aromatic nitrogens is 1. The van der Waals surface area contributed by atoms with Gasteiger partial charge in [-0.1, -0.05) is 6.07 Å². The molecule has 1 aromatic carbocycles. The number of halogens is 1. The first-order chi connectivity index (χ1) is 8.81. The maximum atomic E-state index is 4.51. The van der Waals surface area contributed by atoms with Crippen LogP contribution in [0.4, 0.5) is 0 Å². The summed E-state index contributed by atoms with van der Waals surface area (Å²) in [6, 6.07) is 6.68. The van der Waals surface area contributed by atoms with Crippen molar-refractivity contribution in [3.05, 3.63) is 28.8 Å². The van der Waals surface area contributed by atoms with Gasteiger partial charge in [-0.15, -0.1) is 23.7 Å². The Kier molecular flexibility index (Phi) is 5.16. The van der Waals surface area contributed by atoms with Gasteiger partial charge in [-0.2, -0.15) is 0 Å². The molecule has 0 unspecified atom stereocenters. The molecule has 0 amide bonds. The monoisotopic (exact) mass is 297 g/mol. The molecule has 0 saturated carbocycles. The summed E-state index contributed by atoms with van der Waals surface area (Å²) >= 11 is 1.79. The van der Waals surface area contributed by atoms with Gasteiger partial charge in [0.1, 0.15) is 0 Å². The van der Waals surface area contributed by atoms with Crippen molar-refractivity contribution >= 4 is 34.0 Å². The largest absolute Gasteiger partial charge is 0.315 e. The zero-order chi connectivity index (χ0) is 12.4. The summed E-state index contributed by atoms with van der Waals surface area (Å²) in [5.41, 5.74) is 2.55. The molecule has 0 atom stereocenters. The predicted molar refractivity (Wildman–Crippen MR) is 84.4 cm³/mol. The van der Waals surface area contributed by atoms with Crippen LogP contribution in [-0.4, -0.2) is 36.1 Å². The van der Waals surface area contributed by atoms with E-state index in [4.69, 9.17) is 0 Å². The molecule has 0 aliphatic carbocycles. The lowest BCUT2D eigenvalue weighted by Crippen LogP contribution is -2.27. The highest BCUT2D eigenvalue weighted by Gasteiger charge is 2.09. The van der Waals surface area contributed by atoms with Crippen LogP contribution in [0.15, 0.2) is 18.2 Å². The number of fused-ring (bicyclic) bond motifs is 1. The minimum absolute atomic E-state index is 0. The second-order valence-corrected chi connectivity index (χ2v) is 6.15. The number of benzene rings is 1. The van der Waals surface area contributed by atoms with Gasteiger partial charge in [0, 0.05) is 19.6 Å². The lowest BCUT2D eigenvalue weighted by Gasteiger charge is -2.19. The Hall–Kier alpha value is -0.680. The van der Waals surface area contributed by atoms with Crippen molar-refractivity contribution in [2.45, 2.75) is 19.9 Å². The second kappa shape index (κ2) is 6.66. The van der Waals surface area contributed by atoms with E-state index in [1.54, 1.807) is 11.3 Å². The van der Waals surface area contributed by atoms with E-state index in [0.717, 1.165) is 36.7 Å². The topological polar surface area (TPSA) is 28.2 Å². The zero-order valence-corrected chi connectivity index (χ0v) is 12.8. The molecule has 0 bridgehead atoms. The van der Waals surface area contributed by atoms with Crippen LogP contribution in [0.5, 0.6) is 0 Å². The highest BCUT2D eigenvalue weighted by molar-refractivity contribution is 7.18. The molecule has 2 aromatic rings. The van der Waals surface area contributed by atoms with E-state index in [1.165, 1.54) is 23.2 Å². The molecule has 1 aliphatic heterocycles. The normalized spacial score (nSPS) is 17.1. The highest BCUT2D eigenvalue weighted by Crippen LogP contribution is 2.23. The number of nitrogens with zero attached hydrogens (tertiary/aromatic N) is 2. The molecule has 1 aromatic heterocycles. The van der Waals surface area contributed by atoms with Gasteiger partial charge in [-0.25, -0.2) is 4.98 Å². The van der Waals surface area contributed by atoms with Crippen LogP contribution in [0.1, 0.15) is 17.0 Å². The Morgan fingerprint density at radius 3 is 3.11 bits per heavy atom. The number of nitrogens with one attached hydrogen (secondary N) is 1. The number of hydrogen-bond acceptors (Lipinski definition) is 4. The zero-order valence-electron chi connectivity index (χ0n) is 11.2. The molecule has 104 valence electrons. The van der Waals surface area contributed by atoms with Gasteiger partial charge in [0.25, 0.3) is 0 Å². The molecule has 1 saturated heterocycles. The molecular formula is C14H20ClN3S. The van der Waals surface area contributed by atoms with E-state index in [9.17, 15) is 0 Å². The fourth-order valence-electron chi connectivity index (χ4n) is 2.50. The third-order valence-electron chi connectivity index (χ3n) is 3.40. The van der Waals surface area contributed by atoms with Crippen molar-refractivity contribution in [1.82, 2.24) is 15.2 Å². The van der Waals surface area contributed by atoms with Crippen molar-refractivity contribution in [2.24, 2.45) is 0 Å². The van der Waals surface area contributed by atoms with Crippen molar-refractivity contribution < 1.29 is 0 Å². The SMILES string of the molecule is Cc1nc2ccc(CN3CCCNCC3)cc2s1.Cl. The van der Waals surface area contributed by atoms with Crippen LogP contribution in [0, 0.1) is 6.92 Å². The van der Waals surface area contributed by atoms with Crippen LogP contribution < -0.4 is 5.32 Å². The minimum Gasteiger partial charge on any atom is -0.315 e. The molecule has 5 heteroatoms. The van der Waals surface area contributed by atoms with E-state index in [-0.39, 0.29) is 12.4 Å². The van der Waals surface area contributed by atoms with E-state index >= 15 is 0 Å². The Morgan fingerprint density at radius 1 is 1.32 bits per heavy atom. The van der Waals surface area contributed by atoms with Crippen LogP contribution in [0.2, 0.25) is 0 Å². The van der Waals surface area contributed by atoms with Crippen molar-refractivity contribution in [3.8, 4) is 0 Å². The summed E-state index contributed by atoms with van der Waals surface area (Å²) in [5, 5.41) is 4.60. The molecular weight excluding hydrogens is 278 g/mol. The number of rotatable bonds is 2. The lowest BCUT2D eigenvalue weighted by atomic mass is 10.2. The summed E-state index contributed by atoms with van der Waals surface area (Å²) in [6.07, 6.45) is 1.25. The fraction of sp³-hybridized carbons (Fsp3) is 0.500.